The second-order valence-corrected chi connectivity index (χ2v) is 4.32. The second kappa shape index (κ2) is 6.08. The van der Waals surface area contributed by atoms with Gasteiger partial charge in [0, 0.05) is 14.1 Å². The smallest absolute Gasteiger partial charge is 0.332 e. The minimum absolute atomic E-state index is 0.351. The largest absolute Gasteiger partial charge is 0.497 e. The van der Waals surface area contributed by atoms with Crippen LogP contribution in [0.15, 0.2) is 46.2 Å². The lowest BCUT2D eigenvalue weighted by Gasteiger charge is -2.00. The minimum atomic E-state index is -0.371. The molecule has 3 aromatic rings. The average Bonchev–Trinajstić information content (AvgIpc) is 3.02. The Balaban J connectivity index is 0.000000173. The highest BCUT2D eigenvalue weighted by Crippen LogP contribution is 2.05. The third kappa shape index (κ3) is 2.86. The number of nitrogens with one attached hydrogen (secondary N) is 1. The first-order valence-corrected chi connectivity index (χ1v) is 6.24. The normalized spacial score (nSPS) is 10.0. The molecule has 2 heterocycles. The SMILES string of the molecule is COc1ccccc1.Cn1c(=O)c2[nH]cnc2n(C)c1=O. The summed E-state index contributed by atoms with van der Waals surface area (Å²) in [4.78, 5) is 29.4. The molecular formula is C14H16N4O3. The van der Waals surface area contributed by atoms with Gasteiger partial charge in [0.2, 0.25) is 0 Å². The highest BCUT2D eigenvalue weighted by atomic mass is 16.5. The number of H-pyrrole nitrogens is 1. The first kappa shape index (κ1) is 14.6. The third-order valence-corrected chi connectivity index (χ3v) is 3.01. The van der Waals surface area contributed by atoms with Crippen molar-refractivity contribution >= 4 is 11.2 Å². The lowest BCUT2D eigenvalue weighted by Crippen LogP contribution is -2.36. The van der Waals surface area contributed by atoms with E-state index in [1.165, 1.54) is 17.9 Å². The van der Waals surface area contributed by atoms with E-state index in [0.717, 1.165) is 10.3 Å². The number of ether oxygens (including phenoxy) is 1. The van der Waals surface area contributed by atoms with Crippen LogP contribution in [0.3, 0.4) is 0 Å². The number of fused-ring (bicyclic) bond motifs is 1. The van der Waals surface area contributed by atoms with E-state index in [1.54, 1.807) is 14.2 Å². The molecule has 0 bridgehead atoms. The number of imidazole rings is 1. The Labute approximate surface area is 120 Å². The number of aromatic nitrogens is 4. The van der Waals surface area contributed by atoms with Crippen LogP contribution in [0.2, 0.25) is 0 Å². The molecule has 0 fully saturated rings. The fourth-order valence-electron chi connectivity index (χ4n) is 1.83. The first-order chi connectivity index (χ1) is 10.1. The molecule has 7 heteroatoms. The maximum Gasteiger partial charge on any atom is 0.332 e. The number of aryl methyl sites for hydroxylation is 1. The molecule has 0 atom stereocenters. The van der Waals surface area contributed by atoms with Gasteiger partial charge < -0.3 is 9.72 Å². The average molecular weight is 288 g/mol. The quantitative estimate of drug-likeness (QED) is 0.713. The van der Waals surface area contributed by atoms with Crippen molar-refractivity contribution in [1.82, 2.24) is 19.1 Å². The number of hydrogen-bond acceptors (Lipinski definition) is 4. The number of para-hydroxylation sites is 1. The van der Waals surface area contributed by atoms with E-state index in [-0.39, 0.29) is 11.2 Å². The molecule has 0 spiro atoms. The summed E-state index contributed by atoms with van der Waals surface area (Å²) in [7, 11) is 4.67. The number of hydrogen-bond donors (Lipinski definition) is 1. The van der Waals surface area contributed by atoms with Crippen LogP contribution in [-0.4, -0.2) is 26.2 Å². The van der Waals surface area contributed by atoms with Crippen molar-refractivity contribution in [2.24, 2.45) is 14.1 Å². The van der Waals surface area contributed by atoms with E-state index in [1.807, 2.05) is 30.3 Å². The van der Waals surface area contributed by atoms with E-state index < -0.39 is 0 Å². The van der Waals surface area contributed by atoms with Gasteiger partial charge in [-0.3, -0.25) is 13.9 Å². The Hall–Kier alpha value is -2.83. The molecule has 110 valence electrons. The molecule has 0 amide bonds. The van der Waals surface area contributed by atoms with Crippen molar-refractivity contribution in [3.8, 4) is 5.75 Å². The fourth-order valence-corrected chi connectivity index (χ4v) is 1.83. The Morgan fingerprint density at radius 1 is 1.10 bits per heavy atom. The summed E-state index contributed by atoms with van der Waals surface area (Å²) in [6.45, 7) is 0. The van der Waals surface area contributed by atoms with E-state index in [4.69, 9.17) is 4.74 Å². The second-order valence-electron chi connectivity index (χ2n) is 4.32. The van der Waals surface area contributed by atoms with Gasteiger partial charge >= 0.3 is 5.69 Å². The van der Waals surface area contributed by atoms with Gasteiger partial charge in [0.05, 0.1) is 13.4 Å². The maximum absolute atomic E-state index is 11.4. The summed E-state index contributed by atoms with van der Waals surface area (Å²) in [5.41, 5.74) is 0.0119. The molecular weight excluding hydrogens is 272 g/mol. The standard InChI is InChI=1S/C7H8N4O2.C7H8O/c1-10-5-4(8-3-9-5)6(12)11(2)7(10)13;1-8-7-5-3-2-4-6-7/h3H,1-2H3,(H,8,9);2-6H,1H3. The highest BCUT2D eigenvalue weighted by Gasteiger charge is 2.08. The molecule has 0 aliphatic heterocycles. The molecule has 1 N–H and O–H groups in total. The van der Waals surface area contributed by atoms with Crippen LogP contribution >= 0.6 is 0 Å². The number of benzene rings is 1. The molecule has 0 aliphatic carbocycles. The summed E-state index contributed by atoms with van der Waals surface area (Å²) in [6, 6.07) is 9.68. The molecule has 0 aliphatic rings. The molecule has 2 aromatic heterocycles. The minimum Gasteiger partial charge on any atom is -0.497 e. The van der Waals surface area contributed by atoms with E-state index in [0.29, 0.717) is 11.2 Å². The van der Waals surface area contributed by atoms with Crippen molar-refractivity contribution in [3.05, 3.63) is 57.5 Å². The van der Waals surface area contributed by atoms with E-state index >= 15 is 0 Å². The summed E-state index contributed by atoms with van der Waals surface area (Å²) in [5, 5.41) is 0. The fraction of sp³-hybridized carbons (Fsp3) is 0.214. The lowest BCUT2D eigenvalue weighted by atomic mass is 10.3. The zero-order chi connectivity index (χ0) is 15.4. The van der Waals surface area contributed by atoms with Crippen molar-refractivity contribution < 1.29 is 4.74 Å². The van der Waals surface area contributed by atoms with Gasteiger partial charge in [-0.15, -0.1) is 0 Å². The van der Waals surface area contributed by atoms with Gasteiger partial charge in [0.25, 0.3) is 5.56 Å². The third-order valence-electron chi connectivity index (χ3n) is 3.01. The van der Waals surface area contributed by atoms with Gasteiger partial charge in [-0.1, -0.05) is 18.2 Å². The predicted octanol–water partition coefficient (Wildman–Crippen LogP) is 0.655. The monoisotopic (exact) mass is 288 g/mol. The molecule has 7 nitrogen and oxygen atoms in total. The van der Waals surface area contributed by atoms with Gasteiger partial charge in [0.15, 0.2) is 5.65 Å². The number of methoxy groups -OCH3 is 1. The van der Waals surface area contributed by atoms with Gasteiger partial charge in [-0.2, -0.15) is 0 Å². The summed E-state index contributed by atoms with van der Waals surface area (Å²) in [5.74, 6) is 0.910. The molecule has 0 saturated carbocycles. The van der Waals surface area contributed by atoms with Gasteiger partial charge in [-0.25, -0.2) is 9.78 Å². The summed E-state index contributed by atoms with van der Waals surface area (Å²) < 4.78 is 7.28. The molecule has 21 heavy (non-hydrogen) atoms. The van der Waals surface area contributed by atoms with Crippen LogP contribution in [0.1, 0.15) is 0 Å². The summed E-state index contributed by atoms with van der Waals surface area (Å²) in [6.07, 6.45) is 1.39. The predicted molar refractivity (Wildman–Crippen MR) is 79.6 cm³/mol. The van der Waals surface area contributed by atoms with E-state index in [9.17, 15) is 9.59 Å². The lowest BCUT2D eigenvalue weighted by molar-refractivity contribution is 0.415. The highest BCUT2D eigenvalue weighted by molar-refractivity contribution is 5.68. The van der Waals surface area contributed by atoms with E-state index in [2.05, 4.69) is 9.97 Å². The number of aromatic amines is 1. The molecule has 1 aromatic carbocycles. The maximum atomic E-state index is 11.4. The van der Waals surface area contributed by atoms with Gasteiger partial charge in [-0.05, 0) is 12.1 Å². The van der Waals surface area contributed by atoms with Crippen molar-refractivity contribution in [2.75, 3.05) is 7.11 Å². The van der Waals surface area contributed by atoms with Crippen molar-refractivity contribution in [2.45, 2.75) is 0 Å². The first-order valence-electron chi connectivity index (χ1n) is 6.24. The zero-order valence-electron chi connectivity index (χ0n) is 12.0. The van der Waals surface area contributed by atoms with Crippen molar-refractivity contribution in [1.29, 1.82) is 0 Å². The van der Waals surface area contributed by atoms with Crippen molar-refractivity contribution in [3.63, 3.8) is 0 Å². The zero-order valence-corrected chi connectivity index (χ0v) is 12.0. The van der Waals surface area contributed by atoms with Crippen LogP contribution < -0.4 is 16.0 Å². The number of nitrogens with zero attached hydrogens (tertiary/aromatic N) is 3. The molecule has 0 unspecified atom stereocenters. The van der Waals surface area contributed by atoms with Crippen LogP contribution in [0.5, 0.6) is 5.75 Å². The molecule has 0 saturated heterocycles. The van der Waals surface area contributed by atoms with Crippen LogP contribution in [-0.2, 0) is 14.1 Å². The van der Waals surface area contributed by atoms with Gasteiger partial charge in [0.1, 0.15) is 11.3 Å². The number of rotatable bonds is 1. The molecule has 3 rings (SSSR count). The van der Waals surface area contributed by atoms with Crippen LogP contribution in [0.4, 0.5) is 0 Å². The Morgan fingerprint density at radius 2 is 1.76 bits per heavy atom. The Kier molecular flexibility index (Phi) is 4.22. The van der Waals surface area contributed by atoms with Crippen LogP contribution in [0, 0.1) is 0 Å². The molecule has 0 radical (unpaired) electrons. The Morgan fingerprint density at radius 3 is 2.33 bits per heavy atom. The van der Waals surface area contributed by atoms with Crippen LogP contribution in [0.25, 0.3) is 11.2 Å². The topological polar surface area (TPSA) is 81.9 Å². The Bertz CT molecular complexity index is 846. The summed E-state index contributed by atoms with van der Waals surface area (Å²) >= 11 is 0.